The third-order valence-electron chi connectivity index (χ3n) is 2.85. The summed E-state index contributed by atoms with van der Waals surface area (Å²) in [4.78, 5) is 0. The van der Waals surface area contributed by atoms with Crippen LogP contribution in [0, 0.1) is 24.4 Å². The van der Waals surface area contributed by atoms with Crippen molar-refractivity contribution in [2.24, 2.45) is 0 Å². The van der Waals surface area contributed by atoms with Crippen molar-refractivity contribution in [1.29, 1.82) is 0 Å². The van der Waals surface area contributed by atoms with Crippen molar-refractivity contribution in [3.63, 3.8) is 0 Å². The van der Waals surface area contributed by atoms with E-state index in [2.05, 4.69) is 0 Å². The summed E-state index contributed by atoms with van der Waals surface area (Å²) >= 11 is 5.90. The fourth-order valence-corrected chi connectivity index (χ4v) is 1.90. The molecule has 19 heavy (non-hydrogen) atoms. The van der Waals surface area contributed by atoms with E-state index in [4.69, 9.17) is 11.6 Å². The zero-order valence-electron chi connectivity index (χ0n) is 9.92. The van der Waals surface area contributed by atoms with E-state index in [1.54, 1.807) is 19.1 Å². The first kappa shape index (κ1) is 13.9. The number of aryl methyl sites for hydroxylation is 1. The summed E-state index contributed by atoms with van der Waals surface area (Å²) in [7, 11) is 0. The molecule has 0 aliphatic rings. The minimum atomic E-state index is -1.41. The Morgan fingerprint density at radius 2 is 1.63 bits per heavy atom. The van der Waals surface area contributed by atoms with Gasteiger partial charge in [-0.25, -0.2) is 13.2 Å². The Kier molecular flexibility index (Phi) is 3.83. The Balaban J connectivity index is 2.46. The lowest BCUT2D eigenvalue weighted by Crippen LogP contribution is -2.05. The van der Waals surface area contributed by atoms with Crippen molar-refractivity contribution in [1.82, 2.24) is 0 Å². The normalized spacial score (nSPS) is 12.5. The molecule has 0 spiro atoms. The molecular formula is C14H10ClF3O. The van der Waals surface area contributed by atoms with Gasteiger partial charge < -0.3 is 5.11 Å². The smallest absolute Gasteiger partial charge is 0.161 e. The van der Waals surface area contributed by atoms with Crippen molar-refractivity contribution in [3.8, 4) is 0 Å². The van der Waals surface area contributed by atoms with Crippen LogP contribution in [-0.2, 0) is 0 Å². The Morgan fingerprint density at radius 3 is 2.26 bits per heavy atom. The van der Waals surface area contributed by atoms with Crippen LogP contribution in [0.25, 0.3) is 0 Å². The molecule has 0 saturated carbocycles. The molecular weight excluding hydrogens is 277 g/mol. The van der Waals surface area contributed by atoms with E-state index in [0.717, 1.165) is 5.56 Å². The summed E-state index contributed by atoms with van der Waals surface area (Å²) < 4.78 is 39.5. The van der Waals surface area contributed by atoms with Gasteiger partial charge in [0, 0.05) is 16.7 Å². The Morgan fingerprint density at radius 1 is 1.00 bits per heavy atom. The quantitative estimate of drug-likeness (QED) is 0.822. The summed E-state index contributed by atoms with van der Waals surface area (Å²) in [5.74, 6) is -3.52. The SMILES string of the molecule is Cc1ccc(C(O)c2cc(F)c(F)cc2F)cc1Cl. The second kappa shape index (κ2) is 5.23. The maximum atomic E-state index is 13.5. The van der Waals surface area contributed by atoms with Crippen LogP contribution in [-0.4, -0.2) is 5.11 Å². The third kappa shape index (κ3) is 2.74. The molecule has 2 aromatic carbocycles. The average Bonchev–Trinajstić information content (AvgIpc) is 2.36. The number of halogens is 4. The first-order chi connectivity index (χ1) is 8.90. The minimum absolute atomic E-state index is 0.306. The molecule has 0 bridgehead atoms. The molecule has 0 radical (unpaired) electrons. The van der Waals surface area contributed by atoms with Gasteiger partial charge in [-0.3, -0.25) is 0 Å². The molecule has 2 rings (SSSR count). The van der Waals surface area contributed by atoms with Crippen LogP contribution in [0.3, 0.4) is 0 Å². The predicted octanol–water partition coefficient (Wildman–Crippen LogP) is 4.15. The van der Waals surface area contributed by atoms with Gasteiger partial charge >= 0.3 is 0 Å². The summed E-state index contributed by atoms with van der Waals surface area (Å²) in [6, 6.07) is 5.71. The van der Waals surface area contributed by atoms with Gasteiger partial charge in [0.2, 0.25) is 0 Å². The van der Waals surface area contributed by atoms with Crippen molar-refractivity contribution in [2.45, 2.75) is 13.0 Å². The fraction of sp³-hybridized carbons (Fsp3) is 0.143. The standard InChI is InChI=1S/C14H10ClF3O/c1-7-2-3-8(4-10(7)15)14(19)9-5-12(17)13(18)6-11(9)16/h2-6,14,19H,1H3. The van der Waals surface area contributed by atoms with Gasteiger partial charge in [-0.1, -0.05) is 23.7 Å². The molecule has 1 atom stereocenters. The maximum absolute atomic E-state index is 13.5. The van der Waals surface area contributed by atoms with Crippen molar-refractivity contribution < 1.29 is 18.3 Å². The second-order valence-electron chi connectivity index (χ2n) is 4.20. The molecule has 0 aromatic heterocycles. The van der Waals surface area contributed by atoms with E-state index in [1.165, 1.54) is 6.07 Å². The molecule has 5 heteroatoms. The van der Waals surface area contributed by atoms with Gasteiger partial charge in [0.25, 0.3) is 0 Å². The Bertz CT molecular complexity index is 628. The van der Waals surface area contributed by atoms with Crippen molar-refractivity contribution in [3.05, 3.63) is 69.5 Å². The largest absolute Gasteiger partial charge is 0.384 e. The molecule has 1 nitrogen and oxygen atoms in total. The summed E-state index contributed by atoms with van der Waals surface area (Å²) in [6.07, 6.45) is -1.41. The molecule has 0 saturated heterocycles. The monoisotopic (exact) mass is 286 g/mol. The van der Waals surface area contributed by atoms with Gasteiger partial charge in [0.05, 0.1) is 0 Å². The predicted molar refractivity (Wildman–Crippen MR) is 66.6 cm³/mol. The first-order valence-corrected chi connectivity index (χ1v) is 5.86. The molecule has 0 fully saturated rings. The maximum Gasteiger partial charge on any atom is 0.161 e. The van der Waals surface area contributed by atoms with Gasteiger partial charge in [0.15, 0.2) is 11.6 Å². The van der Waals surface area contributed by atoms with Crippen LogP contribution in [0.2, 0.25) is 5.02 Å². The number of aliphatic hydroxyl groups excluding tert-OH is 1. The molecule has 0 aliphatic heterocycles. The molecule has 1 unspecified atom stereocenters. The van der Waals surface area contributed by atoms with Gasteiger partial charge in [-0.15, -0.1) is 0 Å². The van der Waals surface area contributed by atoms with E-state index in [0.29, 0.717) is 22.7 Å². The highest BCUT2D eigenvalue weighted by molar-refractivity contribution is 6.31. The van der Waals surface area contributed by atoms with Crippen LogP contribution in [0.4, 0.5) is 13.2 Å². The van der Waals surface area contributed by atoms with Crippen molar-refractivity contribution in [2.75, 3.05) is 0 Å². The second-order valence-corrected chi connectivity index (χ2v) is 4.61. The first-order valence-electron chi connectivity index (χ1n) is 5.48. The lowest BCUT2D eigenvalue weighted by molar-refractivity contribution is 0.214. The van der Waals surface area contributed by atoms with Gasteiger partial charge in [-0.05, 0) is 30.2 Å². The highest BCUT2D eigenvalue weighted by Gasteiger charge is 2.19. The third-order valence-corrected chi connectivity index (χ3v) is 3.25. The lowest BCUT2D eigenvalue weighted by Gasteiger charge is -2.14. The number of hydrogen-bond acceptors (Lipinski definition) is 1. The lowest BCUT2D eigenvalue weighted by atomic mass is 10.00. The Hall–Kier alpha value is -1.52. The fourth-order valence-electron chi connectivity index (χ4n) is 1.71. The zero-order chi connectivity index (χ0) is 14.2. The molecule has 100 valence electrons. The topological polar surface area (TPSA) is 20.2 Å². The summed E-state index contributed by atoms with van der Waals surface area (Å²) in [6.45, 7) is 1.77. The van der Waals surface area contributed by atoms with Crippen LogP contribution in [0.5, 0.6) is 0 Å². The van der Waals surface area contributed by atoms with Crippen molar-refractivity contribution >= 4 is 11.6 Å². The van der Waals surface area contributed by atoms with E-state index in [1.807, 2.05) is 0 Å². The van der Waals surface area contributed by atoms with Crippen LogP contribution in [0.1, 0.15) is 22.8 Å². The molecule has 0 heterocycles. The number of rotatable bonds is 2. The molecule has 1 N–H and O–H groups in total. The van der Waals surface area contributed by atoms with Gasteiger partial charge in [-0.2, -0.15) is 0 Å². The van der Waals surface area contributed by atoms with E-state index in [-0.39, 0.29) is 5.56 Å². The van der Waals surface area contributed by atoms with Gasteiger partial charge in [0.1, 0.15) is 11.9 Å². The van der Waals surface area contributed by atoms with E-state index in [9.17, 15) is 18.3 Å². The van der Waals surface area contributed by atoms with Crippen LogP contribution in [0.15, 0.2) is 30.3 Å². The highest BCUT2D eigenvalue weighted by atomic mass is 35.5. The summed E-state index contributed by atoms with van der Waals surface area (Å²) in [5, 5.41) is 10.4. The average molecular weight is 287 g/mol. The highest BCUT2D eigenvalue weighted by Crippen LogP contribution is 2.28. The Labute approximate surface area is 113 Å². The zero-order valence-corrected chi connectivity index (χ0v) is 10.7. The number of aliphatic hydroxyl groups is 1. The molecule has 0 aliphatic carbocycles. The number of hydrogen-bond donors (Lipinski definition) is 1. The number of benzene rings is 2. The van der Waals surface area contributed by atoms with Crippen LogP contribution >= 0.6 is 11.6 Å². The van der Waals surface area contributed by atoms with E-state index < -0.39 is 23.6 Å². The molecule has 2 aromatic rings. The van der Waals surface area contributed by atoms with E-state index >= 15 is 0 Å². The summed E-state index contributed by atoms with van der Waals surface area (Å²) in [5.41, 5.74) is 0.766. The van der Waals surface area contributed by atoms with Crippen LogP contribution < -0.4 is 0 Å². The minimum Gasteiger partial charge on any atom is -0.384 e. The molecule has 0 amide bonds.